The van der Waals surface area contributed by atoms with E-state index in [-0.39, 0.29) is 0 Å². The molecule has 2 aromatic rings. The number of nitrogens with zero attached hydrogens (tertiary/aromatic N) is 3. The van der Waals surface area contributed by atoms with E-state index in [4.69, 9.17) is 21.3 Å². The van der Waals surface area contributed by atoms with Crippen LogP contribution in [0, 0.1) is 0 Å². The lowest BCUT2D eigenvalue weighted by Gasteiger charge is -2.41. The molecule has 2 aliphatic rings. The number of rotatable bonds is 8. The second-order valence-electron chi connectivity index (χ2n) is 9.40. The first-order chi connectivity index (χ1) is 17.9. The molecule has 37 heavy (non-hydrogen) atoms. The molecule has 0 radical (unpaired) electrons. The van der Waals surface area contributed by atoms with Gasteiger partial charge in [-0.1, -0.05) is 42.0 Å². The SMILES string of the molecule is CC/C(C)=C(Cl)/N=C(\C)C=O.CN[C@@H]1CCN(c2nc3cccc(C=O)c3s2)C[C@@H]1NC1CCOCC1. The van der Waals surface area contributed by atoms with Crippen molar-refractivity contribution in [3.63, 3.8) is 0 Å². The van der Waals surface area contributed by atoms with E-state index in [0.717, 1.165) is 84.8 Å². The summed E-state index contributed by atoms with van der Waals surface area (Å²) in [4.78, 5) is 32.5. The first kappa shape index (κ1) is 29.4. The zero-order valence-electron chi connectivity index (χ0n) is 22.1. The second-order valence-corrected chi connectivity index (χ2v) is 10.7. The summed E-state index contributed by atoms with van der Waals surface area (Å²) in [6.45, 7) is 9.12. The number of hydrogen-bond donors (Lipinski definition) is 2. The molecule has 202 valence electrons. The number of likely N-dealkylation sites (N-methyl/N-ethyl adjacent to an activating group) is 1. The van der Waals surface area contributed by atoms with Gasteiger partial charge in [0.15, 0.2) is 17.7 Å². The lowest BCUT2D eigenvalue weighted by Crippen LogP contribution is -2.60. The largest absolute Gasteiger partial charge is 0.381 e. The predicted octanol–water partition coefficient (Wildman–Crippen LogP) is 4.57. The van der Waals surface area contributed by atoms with Gasteiger partial charge in [0, 0.05) is 50.0 Å². The van der Waals surface area contributed by atoms with Crippen LogP contribution < -0.4 is 15.5 Å². The third-order valence-corrected chi connectivity index (χ3v) is 8.40. The number of benzene rings is 1. The number of hydrogen-bond acceptors (Lipinski definition) is 9. The molecule has 0 unspecified atom stereocenters. The van der Waals surface area contributed by atoms with Crippen molar-refractivity contribution in [2.24, 2.45) is 4.99 Å². The van der Waals surface area contributed by atoms with Crippen LogP contribution in [0.4, 0.5) is 5.13 Å². The molecule has 0 bridgehead atoms. The Balaban J connectivity index is 0.000000295. The molecule has 1 aromatic carbocycles. The van der Waals surface area contributed by atoms with Crippen molar-refractivity contribution in [3.8, 4) is 0 Å². The Morgan fingerprint density at radius 2 is 2.00 bits per heavy atom. The number of aldehydes is 2. The van der Waals surface area contributed by atoms with Gasteiger partial charge < -0.3 is 20.3 Å². The fraction of sp³-hybridized carbons (Fsp3) is 0.556. The number of halogens is 1. The number of piperidine rings is 1. The van der Waals surface area contributed by atoms with Gasteiger partial charge in [-0.3, -0.25) is 9.59 Å². The maximum absolute atomic E-state index is 11.3. The van der Waals surface area contributed by atoms with E-state index < -0.39 is 0 Å². The van der Waals surface area contributed by atoms with Crippen molar-refractivity contribution in [1.82, 2.24) is 15.6 Å². The van der Waals surface area contributed by atoms with E-state index >= 15 is 0 Å². The molecule has 4 rings (SSSR count). The van der Waals surface area contributed by atoms with Gasteiger partial charge in [0.1, 0.15) is 5.16 Å². The zero-order chi connectivity index (χ0) is 26.8. The van der Waals surface area contributed by atoms with Crippen molar-refractivity contribution < 1.29 is 14.3 Å². The van der Waals surface area contributed by atoms with Gasteiger partial charge in [0.2, 0.25) is 0 Å². The standard InChI is InChI=1S/C19H26N4O2S.C8H12ClNO/c1-20-15-5-8-23(11-17(15)21-14-6-9-25-10-7-14)19-22-16-4-2-3-13(12-24)18(16)26-19;1-4-6(2)8(9)10-7(3)5-11/h2-4,12,14-15,17,20-21H,5-11H2,1H3;5H,4H2,1-3H3/b;8-6+,10-7+/t15-,17+;/m1./s1. The van der Waals surface area contributed by atoms with E-state index in [2.05, 4.69) is 20.5 Å². The average molecular weight is 548 g/mol. The number of carbonyl (C=O) groups excluding carboxylic acids is 2. The summed E-state index contributed by atoms with van der Waals surface area (Å²) in [5.41, 5.74) is 3.04. The van der Waals surface area contributed by atoms with Gasteiger partial charge >= 0.3 is 0 Å². The van der Waals surface area contributed by atoms with Crippen molar-refractivity contribution in [2.75, 3.05) is 38.3 Å². The summed E-state index contributed by atoms with van der Waals surface area (Å²) >= 11 is 7.37. The fourth-order valence-electron chi connectivity index (χ4n) is 4.42. The van der Waals surface area contributed by atoms with E-state index in [1.54, 1.807) is 18.3 Å². The average Bonchev–Trinajstić information content (AvgIpc) is 3.38. The minimum Gasteiger partial charge on any atom is -0.381 e. The lowest BCUT2D eigenvalue weighted by atomic mass is 9.97. The molecule has 2 saturated heterocycles. The van der Waals surface area contributed by atoms with Crippen LogP contribution in [0.1, 0.15) is 56.8 Å². The maximum atomic E-state index is 11.3. The Kier molecular flexibility index (Phi) is 11.7. The molecule has 2 fully saturated rings. The highest BCUT2D eigenvalue weighted by Crippen LogP contribution is 2.32. The minimum absolute atomic E-state index is 0.384. The highest BCUT2D eigenvalue weighted by molar-refractivity contribution is 7.22. The molecule has 0 spiro atoms. The smallest absolute Gasteiger partial charge is 0.186 e. The Hall–Kier alpha value is -2.17. The van der Waals surface area contributed by atoms with Crippen LogP contribution in [0.15, 0.2) is 33.9 Å². The van der Waals surface area contributed by atoms with Crippen molar-refractivity contribution in [2.45, 2.75) is 64.6 Å². The first-order valence-corrected chi connectivity index (χ1v) is 14.1. The normalized spacial score (nSPS) is 21.8. The number of anilines is 1. The van der Waals surface area contributed by atoms with E-state index in [0.29, 0.717) is 35.3 Å². The Labute approximate surface area is 228 Å². The molecule has 8 nitrogen and oxygen atoms in total. The number of thiazole rings is 1. The molecule has 2 atom stereocenters. The molecule has 10 heteroatoms. The fourth-order valence-corrected chi connectivity index (χ4v) is 5.76. The number of aromatic nitrogens is 1. The zero-order valence-corrected chi connectivity index (χ0v) is 23.7. The van der Waals surface area contributed by atoms with Crippen LogP contribution in [0.3, 0.4) is 0 Å². The number of carbonyl (C=O) groups is 2. The first-order valence-electron chi connectivity index (χ1n) is 12.9. The molecular formula is C27H38ClN5O3S. The maximum Gasteiger partial charge on any atom is 0.186 e. The van der Waals surface area contributed by atoms with Crippen LogP contribution in [-0.2, 0) is 9.53 Å². The summed E-state index contributed by atoms with van der Waals surface area (Å²) in [5, 5.41) is 8.77. The third kappa shape index (κ3) is 8.15. The Morgan fingerprint density at radius 3 is 2.65 bits per heavy atom. The summed E-state index contributed by atoms with van der Waals surface area (Å²) in [6, 6.07) is 7.13. The van der Waals surface area contributed by atoms with Gasteiger partial charge in [-0.15, -0.1) is 0 Å². The molecule has 0 saturated carbocycles. The number of allylic oxidation sites excluding steroid dienone is 1. The topological polar surface area (TPSA) is 95.9 Å². The van der Waals surface area contributed by atoms with Gasteiger partial charge in [-0.25, -0.2) is 9.98 Å². The molecule has 3 heterocycles. The van der Waals surface area contributed by atoms with Gasteiger partial charge in [-0.2, -0.15) is 0 Å². The van der Waals surface area contributed by atoms with Gasteiger partial charge in [0.25, 0.3) is 0 Å². The number of fused-ring (bicyclic) bond motifs is 1. The number of ether oxygens (including phenoxy) is 1. The molecule has 0 amide bonds. The summed E-state index contributed by atoms with van der Waals surface area (Å²) < 4.78 is 6.47. The second kappa shape index (κ2) is 14.7. The third-order valence-electron chi connectivity index (χ3n) is 6.81. The van der Waals surface area contributed by atoms with Crippen molar-refractivity contribution in [3.05, 3.63) is 34.5 Å². The van der Waals surface area contributed by atoms with Crippen LogP contribution >= 0.6 is 22.9 Å². The van der Waals surface area contributed by atoms with E-state index in [9.17, 15) is 9.59 Å². The highest BCUT2D eigenvalue weighted by Gasteiger charge is 2.31. The molecule has 1 aromatic heterocycles. The minimum atomic E-state index is 0.384. The number of nitrogens with one attached hydrogen (secondary N) is 2. The van der Waals surface area contributed by atoms with E-state index in [1.807, 2.05) is 39.1 Å². The molecule has 2 N–H and O–H groups in total. The quantitative estimate of drug-likeness (QED) is 0.284. The Bertz CT molecular complexity index is 1110. The summed E-state index contributed by atoms with van der Waals surface area (Å²) in [6.07, 6.45) is 5.70. The molecular weight excluding hydrogens is 510 g/mol. The van der Waals surface area contributed by atoms with Crippen LogP contribution in [0.25, 0.3) is 10.2 Å². The van der Waals surface area contributed by atoms with Crippen LogP contribution in [-0.4, -0.2) is 74.7 Å². The monoisotopic (exact) mass is 547 g/mol. The predicted molar refractivity (Wildman–Crippen MR) is 153 cm³/mol. The lowest BCUT2D eigenvalue weighted by molar-refractivity contribution is -0.102. The van der Waals surface area contributed by atoms with Gasteiger partial charge in [0.05, 0.1) is 15.9 Å². The Morgan fingerprint density at radius 1 is 1.24 bits per heavy atom. The van der Waals surface area contributed by atoms with Crippen molar-refractivity contribution >= 4 is 56.6 Å². The molecule has 2 aliphatic heterocycles. The summed E-state index contributed by atoms with van der Waals surface area (Å²) in [7, 11) is 2.05. The van der Waals surface area contributed by atoms with Crippen LogP contribution in [0.2, 0.25) is 0 Å². The van der Waals surface area contributed by atoms with Crippen molar-refractivity contribution in [1.29, 1.82) is 0 Å². The highest BCUT2D eigenvalue weighted by atomic mass is 35.5. The number of aliphatic imine (C=N–C) groups is 1. The van der Waals surface area contributed by atoms with Gasteiger partial charge in [-0.05, 0) is 58.2 Å². The van der Waals surface area contributed by atoms with Crippen LogP contribution in [0.5, 0.6) is 0 Å². The van der Waals surface area contributed by atoms with E-state index in [1.165, 1.54) is 0 Å². The molecule has 0 aliphatic carbocycles. The summed E-state index contributed by atoms with van der Waals surface area (Å²) in [5.74, 6) is 0.